The highest BCUT2D eigenvalue weighted by molar-refractivity contribution is 5.59. The van der Waals surface area contributed by atoms with Gasteiger partial charge in [-0.1, -0.05) is 0 Å². The molecule has 0 bridgehead atoms. The van der Waals surface area contributed by atoms with Gasteiger partial charge >= 0.3 is 0 Å². The van der Waals surface area contributed by atoms with Crippen molar-refractivity contribution in [2.24, 2.45) is 14.1 Å². The van der Waals surface area contributed by atoms with Crippen LogP contribution in [-0.2, 0) is 26.9 Å². The molecule has 0 aromatic carbocycles. The van der Waals surface area contributed by atoms with Crippen LogP contribution in [0.1, 0.15) is 11.1 Å². The molecule has 2 aromatic heterocycles. The Balaban J connectivity index is 2.37. The first-order chi connectivity index (χ1) is 7.77. The van der Waals surface area contributed by atoms with E-state index in [2.05, 4.69) is 59.9 Å². The molecule has 16 heavy (non-hydrogen) atoms. The Bertz CT molecular complexity index is 507. The highest BCUT2D eigenvalue weighted by Crippen LogP contribution is 2.27. The predicted octanol–water partition coefficient (Wildman–Crippen LogP) is 1.10. The van der Waals surface area contributed by atoms with Crippen molar-refractivity contribution >= 4 is 0 Å². The molecule has 2 aromatic rings. The maximum Gasteiger partial charge on any atom is 0.280 e. The second-order valence-electron chi connectivity index (χ2n) is 4.49. The van der Waals surface area contributed by atoms with Crippen LogP contribution in [0.15, 0.2) is 36.7 Å². The van der Waals surface area contributed by atoms with E-state index in [9.17, 15) is 0 Å². The predicted molar refractivity (Wildman–Crippen MR) is 61.6 cm³/mol. The van der Waals surface area contributed by atoms with Crippen molar-refractivity contribution in [2.75, 3.05) is 0 Å². The van der Waals surface area contributed by atoms with E-state index in [1.54, 1.807) is 0 Å². The van der Waals surface area contributed by atoms with Crippen LogP contribution in [0.3, 0.4) is 0 Å². The molecule has 0 amide bonds. The molecule has 80 valence electrons. The first kappa shape index (κ1) is 9.52. The Morgan fingerprint density at radius 2 is 1.25 bits per heavy atom. The molecule has 0 fully saturated rings. The lowest BCUT2D eigenvalue weighted by molar-refractivity contribution is -0.691. The summed E-state index contributed by atoms with van der Waals surface area (Å²) in [5.41, 5.74) is 5.65. The Morgan fingerprint density at radius 3 is 1.69 bits per heavy atom. The average molecular weight is 212 g/mol. The SMILES string of the molecule is C[n+]1cccc2c1-c1c(ccc[n+]1C)CC2. The molecule has 0 N–H and O–H groups in total. The van der Waals surface area contributed by atoms with Gasteiger partial charge in [0.25, 0.3) is 11.4 Å². The van der Waals surface area contributed by atoms with Crippen LogP contribution in [-0.4, -0.2) is 0 Å². The topological polar surface area (TPSA) is 7.76 Å². The van der Waals surface area contributed by atoms with Gasteiger partial charge in [-0.05, 0) is 25.0 Å². The van der Waals surface area contributed by atoms with E-state index in [0.29, 0.717) is 0 Å². The van der Waals surface area contributed by atoms with Crippen LogP contribution in [0.4, 0.5) is 0 Å². The third-order valence-electron chi connectivity index (χ3n) is 3.42. The molecule has 0 saturated heterocycles. The lowest BCUT2D eigenvalue weighted by atomic mass is 9.92. The fourth-order valence-corrected chi connectivity index (χ4v) is 2.65. The Morgan fingerprint density at radius 1 is 0.812 bits per heavy atom. The van der Waals surface area contributed by atoms with Crippen LogP contribution in [0, 0.1) is 0 Å². The summed E-state index contributed by atoms with van der Waals surface area (Å²) in [6.07, 6.45) is 6.56. The van der Waals surface area contributed by atoms with Crippen LogP contribution >= 0.6 is 0 Å². The maximum atomic E-state index is 2.24. The monoisotopic (exact) mass is 212 g/mol. The summed E-state index contributed by atoms with van der Waals surface area (Å²) < 4.78 is 4.46. The van der Waals surface area contributed by atoms with Crippen LogP contribution in [0.2, 0.25) is 0 Å². The van der Waals surface area contributed by atoms with E-state index in [0.717, 1.165) is 12.8 Å². The molecule has 0 aliphatic heterocycles. The number of fused-ring (bicyclic) bond motifs is 3. The van der Waals surface area contributed by atoms with Crippen molar-refractivity contribution in [3.63, 3.8) is 0 Å². The molecule has 1 aliphatic carbocycles. The number of pyridine rings is 2. The van der Waals surface area contributed by atoms with Gasteiger partial charge in [0.1, 0.15) is 14.1 Å². The molecular formula is C14H16N2+2. The quantitative estimate of drug-likeness (QED) is 0.578. The summed E-state index contributed by atoms with van der Waals surface area (Å²) in [6, 6.07) is 8.75. The molecule has 0 atom stereocenters. The summed E-state index contributed by atoms with van der Waals surface area (Å²) in [4.78, 5) is 0. The van der Waals surface area contributed by atoms with Crippen molar-refractivity contribution in [3.05, 3.63) is 47.8 Å². The van der Waals surface area contributed by atoms with Gasteiger partial charge < -0.3 is 0 Å². The van der Waals surface area contributed by atoms with Gasteiger partial charge in [-0.25, -0.2) is 0 Å². The van der Waals surface area contributed by atoms with Gasteiger partial charge in [0.2, 0.25) is 0 Å². The van der Waals surface area contributed by atoms with Crippen molar-refractivity contribution in [1.82, 2.24) is 0 Å². The average Bonchev–Trinajstić information content (AvgIpc) is 2.29. The molecule has 0 spiro atoms. The van der Waals surface area contributed by atoms with Gasteiger partial charge in [-0.2, -0.15) is 9.13 Å². The summed E-state index contributed by atoms with van der Waals surface area (Å²) >= 11 is 0. The zero-order chi connectivity index (χ0) is 11.1. The zero-order valence-electron chi connectivity index (χ0n) is 9.77. The van der Waals surface area contributed by atoms with Crippen molar-refractivity contribution in [1.29, 1.82) is 0 Å². The standard InChI is InChI=1S/C14H16N2/c1-15-9-3-5-11-7-8-12-6-4-10-16(2)14(12)13(11)15/h3-6,9-10H,7-8H2,1-2H3/q+2. The molecular weight excluding hydrogens is 196 g/mol. The van der Waals surface area contributed by atoms with Gasteiger partial charge in [0.15, 0.2) is 12.4 Å². The molecule has 2 heteroatoms. The minimum Gasteiger partial charge on any atom is -0.196 e. The smallest absolute Gasteiger partial charge is 0.196 e. The fraction of sp³-hybridized carbons (Fsp3) is 0.286. The highest BCUT2D eigenvalue weighted by atomic mass is 15.0. The molecule has 2 heterocycles. The molecule has 1 aliphatic rings. The van der Waals surface area contributed by atoms with Crippen molar-refractivity contribution in [3.8, 4) is 11.4 Å². The van der Waals surface area contributed by atoms with E-state index in [-0.39, 0.29) is 0 Å². The number of nitrogens with zero attached hydrogens (tertiary/aromatic N) is 2. The molecule has 3 rings (SSSR count). The van der Waals surface area contributed by atoms with E-state index in [1.165, 1.54) is 22.5 Å². The van der Waals surface area contributed by atoms with E-state index in [1.807, 2.05) is 0 Å². The van der Waals surface area contributed by atoms with Crippen LogP contribution < -0.4 is 9.13 Å². The second kappa shape index (κ2) is 3.41. The molecule has 0 unspecified atom stereocenters. The summed E-state index contributed by atoms with van der Waals surface area (Å²) in [5.74, 6) is 0. The lowest BCUT2D eigenvalue weighted by Crippen LogP contribution is -2.41. The largest absolute Gasteiger partial charge is 0.280 e. The van der Waals surface area contributed by atoms with E-state index < -0.39 is 0 Å². The minimum absolute atomic E-state index is 1.15. The summed E-state index contributed by atoms with van der Waals surface area (Å²) in [7, 11) is 4.25. The van der Waals surface area contributed by atoms with Crippen LogP contribution in [0.5, 0.6) is 0 Å². The Hall–Kier alpha value is -1.70. The zero-order valence-corrected chi connectivity index (χ0v) is 9.77. The number of aryl methyl sites for hydroxylation is 4. The Kier molecular flexibility index (Phi) is 2.03. The van der Waals surface area contributed by atoms with Gasteiger partial charge in [0, 0.05) is 23.3 Å². The van der Waals surface area contributed by atoms with Crippen molar-refractivity contribution in [2.45, 2.75) is 12.8 Å². The normalized spacial score (nSPS) is 13.1. The minimum atomic E-state index is 1.15. The number of aromatic nitrogens is 2. The molecule has 0 radical (unpaired) electrons. The lowest BCUT2D eigenvalue weighted by Gasteiger charge is -2.13. The van der Waals surface area contributed by atoms with Crippen LogP contribution in [0.25, 0.3) is 11.4 Å². The molecule has 0 saturated carbocycles. The highest BCUT2D eigenvalue weighted by Gasteiger charge is 2.30. The first-order valence-corrected chi connectivity index (χ1v) is 5.73. The van der Waals surface area contributed by atoms with Crippen molar-refractivity contribution < 1.29 is 9.13 Å². The third-order valence-corrected chi connectivity index (χ3v) is 3.42. The van der Waals surface area contributed by atoms with Gasteiger partial charge in [-0.3, -0.25) is 0 Å². The fourth-order valence-electron chi connectivity index (χ4n) is 2.65. The molecule has 2 nitrogen and oxygen atoms in total. The maximum absolute atomic E-state index is 2.24. The number of hydrogen-bond acceptors (Lipinski definition) is 0. The summed E-state index contributed by atoms with van der Waals surface area (Å²) in [5, 5.41) is 0. The first-order valence-electron chi connectivity index (χ1n) is 5.73. The Labute approximate surface area is 95.8 Å². The van der Waals surface area contributed by atoms with Gasteiger partial charge in [0.05, 0.1) is 0 Å². The van der Waals surface area contributed by atoms with Gasteiger partial charge in [-0.15, -0.1) is 0 Å². The summed E-state index contributed by atoms with van der Waals surface area (Å²) in [6.45, 7) is 0. The second-order valence-corrected chi connectivity index (χ2v) is 4.49. The number of hydrogen-bond donors (Lipinski definition) is 0. The van der Waals surface area contributed by atoms with E-state index in [4.69, 9.17) is 0 Å². The van der Waals surface area contributed by atoms with E-state index >= 15 is 0 Å². The third kappa shape index (κ3) is 1.26. The number of rotatable bonds is 0.